The maximum Gasteiger partial charge on any atom is 0.573 e. The minimum Gasteiger partial charge on any atom is -0.406 e. The number of fused-ring (bicyclic) bond motifs is 1. The summed E-state index contributed by atoms with van der Waals surface area (Å²) in [4.78, 5) is 17.0. The molecule has 0 spiro atoms. The fourth-order valence-corrected chi connectivity index (χ4v) is 4.51. The molecule has 1 amide bonds. The van der Waals surface area contributed by atoms with Crippen LogP contribution in [0.5, 0.6) is 5.75 Å². The lowest BCUT2D eigenvalue weighted by Gasteiger charge is -2.29. The largest absolute Gasteiger partial charge is 0.573 e. The Bertz CT molecular complexity index is 1280. The number of nitrogens with one attached hydrogen (secondary N) is 3. The Labute approximate surface area is 207 Å². The van der Waals surface area contributed by atoms with Crippen molar-refractivity contribution in [1.82, 2.24) is 20.5 Å². The second-order valence-electron chi connectivity index (χ2n) is 8.51. The van der Waals surface area contributed by atoms with Gasteiger partial charge < -0.3 is 25.3 Å². The highest BCUT2D eigenvalue weighted by Gasteiger charge is 2.33. The molecule has 0 radical (unpaired) electrons. The molecular formula is C26H28F3N5O2. The summed E-state index contributed by atoms with van der Waals surface area (Å²) in [5, 5.41) is 9.16. The molecule has 1 aliphatic heterocycles. The average molecular weight is 500 g/mol. The van der Waals surface area contributed by atoms with E-state index < -0.39 is 6.36 Å². The predicted molar refractivity (Wildman–Crippen MR) is 133 cm³/mol. The minimum atomic E-state index is -4.80. The van der Waals surface area contributed by atoms with E-state index in [1.54, 1.807) is 26.2 Å². The molecule has 4 rings (SSSR count). The van der Waals surface area contributed by atoms with Gasteiger partial charge in [-0.2, -0.15) is 0 Å². The fraction of sp³-hybridized carbons (Fsp3) is 0.308. The van der Waals surface area contributed by atoms with Gasteiger partial charge in [-0.25, -0.2) is 0 Å². The van der Waals surface area contributed by atoms with Gasteiger partial charge in [-0.1, -0.05) is 35.9 Å². The van der Waals surface area contributed by atoms with Gasteiger partial charge in [0.25, 0.3) is 5.91 Å². The summed E-state index contributed by atoms with van der Waals surface area (Å²) in [6.07, 6.45) is -4.12. The second kappa shape index (κ2) is 10.3. The average Bonchev–Trinajstić information content (AvgIpc) is 3.24. The van der Waals surface area contributed by atoms with Crippen LogP contribution in [0.4, 0.5) is 13.2 Å². The molecule has 1 atom stereocenters. The van der Waals surface area contributed by atoms with Crippen LogP contribution in [0.2, 0.25) is 0 Å². The molecule has 190 valence electrons. The van der Waals surface area contributed by atoms with Crippen LogP contribution in [0.25, 0.3) is 22.4 Å². The van der Waals surface area contributed by atoms with E-state index in [9.17, 15) is 18.0 Å². The second-order valence-corrected chi connectivity index (χ2v) is 8.51. The highest BCUT2D eigenvalue weighted by atomic mass is 19.4. The highest BCUT2D eigenvalue weighted by molar-refractivity contribution is 5.98. The predicted octanol–water partition coefficient (Wildman–Crippen LogP) is 4.50. The Hall–Kier alpha value is -3.95. The minimum absolute atomic E-state index is 0.0842. The van der Waals surface area contributed by atoms with Crippen molar-refractivity contribution in [3.05, 3.63) is 65.9 Å². The topological polar surface area (TPSA) is 79.7 Å². The van der Waals surface area contributed by atoms with E-state index >= 15 is 0 Å². The zero-order valence-corrected chi connectivity index (χ0v) is 20.2. The number of rotatable bonds is 6. The lowest BCUT2D eigenvalue weighted by Crippen LogP contribution is -2.41. The number of guanidine groups is 1. The van der Waals surface area contributed by atoms with E-state index in [0.717, 1.165) is 16.8 Å². The van der Waals surface area contributed by atoms with Crippen molar-refractivity contribution < 1.29 is 22.7 Å². The first kappa shape index (κ1) is 25.2. The van der Waals surface area contributed by atoms with Crippen LogP contribution >= 0.6 is 0 Å². The molecule has 0 bridgehead atoms. The van der Waals surface area contributed by atoms with E-state index in [2.05, 4.69) is 25.7 Å². The molecule has 0 aliphatic carbocycles. The van der Waals surface area contributed by atoms with Crippen molar-refractivity contribution in [2.45, 2.75) is 25.7 Å². The molecule has 7 nitrogen and oxygen atoms in total. The first-order valence-corrected chi connectivity index (χ1v) is 11.5. The number of aliphatic imine (C=N–C) groups is 1. The molecule has 0 saturated carbocycles. The van der Waals surface area contributed by atoms with Crippen LogP contribution in [-0.2, 0) is 0 Å². The highest BCUT2D eigenvalue weighted by Crippen LogP contribution is 2.40. The summed E-state index contributed by atoms with van der Waals surface area (Å²) in [5.41, 5.74) is 4.31. The van der Waals surface area contributed by atoms with Crippen molar-refractivity contribution in [2.75, 3.05) is 27.2 Å². The number of hydrogen-bond donors (Lipinski definition) is 3. The number of ether oxygens (including phenoxy) is 1. The molecular weight excluding hydrogens is 471 g/mol. The van der Waals surface area contributed by atoms with E-state index in [1.807, 2.05) is 35.8 Å². The molecule has 1 aliphatic rings. The van der Waals surface area contributed by atoms with Crippen LogP contribution in [0.3, 0.4) is 0 Å². The number of nitrogens with zero attached hydrogens (tertiary/aromatic N) is 2. The molecule has 3 aromatic rings. The molecule has 0 unspecified atom stereocenters. The zero-order valence-electron chi connectivity index (χ0n) is 20.2. The molecule has 2 heterocycles. The molecule has 36 heavy (non-hydrogen) atoms. The fourth-order valence-electron chi connectivity index (χ4n) is 4.51. The number of aromatic nitrogens is 1. The van der Waals surface area contributed by atoms with Crippen molar-refractivity contribution in [3.63, 3.8) is 0 Å². The molecule has 3 N–H and O–H groups in total. The van der Waals surface area contributed by atoms with Gasteiger partial charge in [0.2, 0.25) is 0 Å². The van der Waals surface area contributed by atoms with Crippen molar-refractivity contribution in [3.8, 4) is 28.1 Å². The number of benzene rings is 2. The Morgan fingerprint density at radius 2 is 1.92 bits per heavy atom. The Morgan fingerprint density at radius 3 is 2.61 bits per heavy atom. The monoisotopic (exact) mass is 499 g/mol. The van der Waals surface area contributed by atoms with Crippen LogP contribution in [-0.4, -0.2) is 50.0 Å². The number of carbonyl (C=O) groups is 1. The van der Waals surface area contributed by atoms with Crippen molar-refractivity contribution in [2.24, 2.45) is 4.99 Å². The lowest BCUT2D eigenvalue weighted by molar-refractivity contribution is -0.274. The third-order valence-electron chi connectivity index (χ3n) is 6.03. The zero-order chi connectivity index (χ0) is 25.9. The summed E-state index contributed by atoms with van der Waals surface area (Å²) < 4.78 is 44.8. The first-order valence-electron chi connectivity index (χ1n) is 11.5. The maximum atomic E-state index is 12.9. The van der Waals surface area contributed by atoms with Crippen LogP contribution in [0, 0.1) is 6.92 Å². The summed E-state index contributed by atoms with van der Waals surface area (Å²) >= 11 is 0. The summed E-state index contributed by atoms with van der Waals surface area (Å²) in [6.45, 7) is 3.00. The maximum absolute atomic E-state index is 12.9. The molecule has 0 saturated heterocycles. The standard InChI is InChI=1S/C26H28F3N5O2/c1-16-6-4-8-18(12-16)23-21(17-7-5-9-20(13-17)36-26(27,28)29)14-22-24(35)33-15-19(34(22)23)10-11-32-25(30-2)31-3/h4-9,12-14,19H,10-11,15H2,1-3H3,(H,33,35)(H2,30,31,32)/t19-/m0/s1. The molecule has 10 heteroatoms. The number of amides is 1. The van der Waals surface area contributed by atoms with Gasteiger partial charge in [0, 0.05) is 32.7 Å². The number of hydrogen-bond acceptors (Lipinski definition) is 3. The van der Waals surface area contributed by atoms with Gasteiger partial charge in [-0.3, -0.25) is 9.79 Å². The van der Waals surface area contributed by atoms with E-state index in [0.29, 0.717) is 42.3 Å². The summed E-state index contributed by atoms with van der Waals surface area (Å²) in [5.74, 6) is 0.111. The van der Waals surface area contributed by atoms with Crippen molar-refractivity contribution >= 4 is 11.9 Å². The van der Waals surface area contributed by atoms with Gasteiger partial charge in [0.05, 0.1) is 11.7 Å². The van der Waals surface area contributed by atoms with E-state index in [-0.39, 0.29) is 17.7 Å². The third-order valence-corrected chi connectivity index (χ3v) is 6.03. The number of alkyl halides is 3. The Kier molecular flexibility index (Phi) is 7.23. The Balaban J connectivity index is 1.82. The number of carbonyl (C=O) groups excluding carboxylic acids is 1. The summed E-state index contributed by atoms with van der Waals surface area (Å²) in [6, 6.07) is 15.3. The Morgan fingerprint density at radius 1 is 1.17 bits per heavy atom. The smallest absolute Gasteiger partial charge is 0.406 e. The van der Waals surface area contributed by atoms with E-state index in [1.165, 1.54) is 18.2 Å². The van der Waals surface area contributed by atoms with Gasteiger partial charge in [-0.15, -0.1) is 13.2 Å². The van der Waals surface area contributed by atoms with Gasteiger partial charge in [0.1, 0.15) is 11.4 Å². The van der Waals surface area contributed by atoms with Gasteiger partial charge in [-0.05, 0) is 48.7 Å². The van der Waals surface area contributed by atoms with Gasteiger partial charge in [0.15, 0.2) is 5.96 Å². The SMILES string of the molecule is C/N=C(\NC)NCC[C@H]1CNC(=O)c2cc(-c3cccc(OC(F)(F)F)c3)c(-c3cccc(C)c3)n21. The van der Waals surface area contributed by atoms with E-state index in [4.69, 9.17) is 0 Å². The third kappa shape index (κ3) is 5.48. The molecule has 1 aromatic heterocycles. The van der Waals surface area contributed by atoms with Gasteiger partial charge >= 0.3 is 6.36 Å². The molecule has 0 fully saturated rings. The normalized spacial score (nSPS) is 15.8. The first-order chi connectivity index (χ1) is 17.2. The quantitative estimate of drug-likeness (QED) is 0.345. The molecule has 2 aromatic carbocycles. The van der Waals surface area contributed by atoms with Crippen LogP contribution in [0.1, 0.15) is 28.5 Å². The van der Waals surface area contributed by atoms with Crippen LogP contribution in [0.15, 0.2) is 59.6 Å². The van der Waals surface area contributed by atoms with Crippen LogP contribution < -0.4 is 20.7 Å². The lowest BCUT2D eigenvalue weighted by atomic mass is 9.99. The summed E-state index contributed by atoms with van der Waals surface area (Å²) in [7, 11) is 3.46. The number of halogens is 3. The van der Waals surface area contributed by atoms with Crippen molar-refractivity contribution in [1.29, 1.82) is 0 Å². The number of aryl methyl sites for hydroxylation is 1.